The number of nitrogens with one attached hydrogen (secondary N) is 1. The van der Waals surface area contributed by atoms with Gasteiger partial charge >= 0.3 is 0 Å². The molecule has 0 bridgehead atoms. The third-order valence-electron chi connectivity index (χ3n) is 5.42. The van der Waals surface area contributed by atoms with Gasteiger partial charge in [-0.25, -0.2) is 9.97 Å². The lowest BCUT2D eigenvalue weighted by molar-refractivity contribution is 0.122. The Kier molecular flexibility index (Phi) is 5.02. The van der Waals surface area contributed by atoms with Gasteiger partial charge in [0.2, 0.25) is 5.95 Å². The van der Waals surface area contributed by atoms with Crippen molar-refractivity contribution in [1.82, 2.24) is 15.3 Å². The van der Waals surface area contributed by atoms with Gasteiger partial charge in [-0.3, -0.25) is 0 Å². The van der Waals surface area contributed by atoms with Crippen LogP contribution >= 0.6 is 0 Å². The summed E-state index contributed by atoms with van der Waals surface area (Å²) >= 11 is 0. The van der Waals surface area contributed by atoms with E-state index in [0.29, 0.717) is 12.3 Å². The molecule has 1 saturated heterocycles. The standard InChI is InChI=1S/C21H28N4O2/c1-21(2)11-18(22-13-15-4-3-5-16(26)10-15)17-14-23-20(24-19(17)12-21)25-6-8-27-9-7-25/h3-5,10,14,18,22,26H,6-9,11-13H2,1-2H3/t18-/m0/s1. The molecular weight excluding hydrogens is 340 g/mol. The van der Waals surface area contributed by atoms with Crippen molar-refractivity contribution in [2.45, 2.75) is 39.3 Å². The smallest absolute Gasteiger partial charge is 0.225 e. The van der Waals surface area contributed by atoms with E-state index in [1.807, 2.05) is 18.3 Å². The molecule has 2 heterocycles. The van der Waals surface area contributed by atoms with Crippen LogP contribution in [0, 0.1) is 5.41 Å². The molecule has 0 spiro atoms. The second kappa shape index (κ2) is 7.44. The van der Waals surface area contributed by atoms with E-state index < -0.39 is 0 Å². The highest BCUT2D eigenvalue weighted by molar-refractivity contribution is 5.37. The summed E-state index contributed by atoms with van der Waals surface area (Å²) in [5.41, 5.74) is 3.61. The molecule has 2 aliphatic rings. The molecule has 6 nitrogen and oxygen atoms in total. The van der Waals surface area contributed by atoms with Gasteiger partial charge in [0.25, 0.3) is 0 Å². The Morgan fingerprint density at radius 2 is 2.11 bits per heavy atom. The monoisotopic (exact) mass is 368 g/mol. The maximum Gasteiger partial charge on any atom is 0.225 e. The van der Waals surface area contributed by atoms with Crippen molar-refractivity contribution < 1.29 is 9.84 Å². The summed E-state index contributed by atoms with van der Waals surface area (Å²) in [6, 6.07) is 7.62. The van der Waals surface area contributed by atoms with Gasteiger partial charge in [0, 0.05) is 37.4 Å². The molecule has 1 aliphatic carbocycles. The van der Waals surface area contributed by atoms with E-state index in [0.717, 1.165) is 56.4 Å². The van der Waals surface area contributed by atoms with Crippen LogP contribution < -0.4 is 10.2 Å². The SMILES string of the molecule is CC1(C)Cc2nc(N3CCOCC3)ncc2[C@@H](NCc2cccc(O)c2)C1. The van der Waals surface area contributed by atoms with Crippen LogP contribution in [0.4, 0.5) is 5.95 Å². The lowest BCUT2D eigenvalue weighted by Gasteiger charge is -2.37. The molecule has 1 fully saturated rings. The largest absolute Gasteiger partial charge is 0.508 e. The number of phenols is 1. The van der Waals surface area contributed by atoms with Crippen LogP contribution in [0.5, 0.6) is 5.75 Å². The fourth-order valence-electron chi connectivity index (χ4n) is 4.04. The van der Waals surface area contributed by atoms with Crippen molar-refractivity contribution in [3.8, 4) is 5.75 Å². The minimum atomic E-state index is 0.181. The molecule has 0 radical (unpaired) electrons. The Morgan fingerprint density at radius 1 is 1.30 bits per heavy atom. The highest BCUT2D eigenvalue weighted by Crippen LogP contribution is 2.40. The summed E-state index contributed by atoms with van der Waals surface area (Å²) in [6.07, 6.45) is 4.01. The van der Waals surface area contributed by atoms with E-state index >= 15 is 0 Å². The Bertz CT molecular complexity index is 803. The second-order valence-corrected chi connectivity index (χ2v) is 8.32. The Morgan fingerprint density at radius 3 is 2.89 bits per heavy atom. The predicted octanol–water partition coefficient (Wildman–Crippen LogP) is 2.82. The quantitative estimate of drug-likeness (QED) is 0.865. The average Bonchev–Trinajstić information content (AvgIpc) is 2.65. The van der Waals surface area contributed by atoms with Crippen LogP contribution in [0.2, 0.25) is 0 Å². The van der Waals surface area contributed by atoms with Crippen LogP contribution in [0.25, 0.3) is 0 Å². The zero-order valence-corrected chi connectivity index (χ0v) is 16.1. The van der Waals surface area contributed by atoms with Gasteiger partial charge in [-0.15, -0.1) is 0 Å². The number of anilines is 1. The first-order valence-electron chi connectivity index (χ1n) is 9.70. The topological polar surface area (TPSA) is 70.5 Å². The van der Waals surface area contributed by atoms with Gasteiger partial charge in [-0.1, -0.05) is 26.0 Å². The summed E-state index contributed by atoms with van der Waals surface area (Å²) in [5.74, 6) is 1.12. The Labute approximate surface area is 160 Å². The Balaban J connectivity index is 1.55. The highest BCUT2D eigenvalue weighted by Gasteiger charge is 2.34. The molecule has 144 valence electrons. The van der Waals surface area contributed by atoms with Crippen molar-refractivity contribution in [1.29, 1.82) is 0 Å². The molecule has 2 N–H and O–H groups in total. The Hall–Kier alpha value is -2.18. The molecule has 0 saturated carbocycles. The molecule has 1 atom stereocenters. The molecule has 0 amide bonds. The number of aromatic nitrogens is 2. The molecule has 27 heavy (non-hydrogen) atoms. The van der Waals surface area contributed by atoms with Crippen LogP contribution in [-0.4, -0.2) is 41.4 Å². The van der Waals surface area contributed by atoms with Crippen LogP contribution in [0.1, 0.15) is 43.1 Å². The minimum Gasteiger partial charge on any atom is -0.508 e. The van der Waals surface area contributed by atoms with Crippen molar-refractivity contribution in [3.05, 3.63) is 47.3 Å². The third kappa shape index (κ3) is 4.22. The minimum absolute atomic E-state index is 0.181. The van der Waals surface area contributed by atoms with Gasteiger partial charge in [0.15, 0.2) is 0 Å². The van der Waals surface area contributed by atoms with E-state index in [9.17, 15) is 5.11 Å². The number of fused-ring (bicyclic) bond motifs is 1. The number of hydrogen-bond donors (Lipinski definition) is 2. The van der Waals surface area contributed by atoms with Crippen LogP contribution in [0.3, 0.4) is 0 Å². The fourth-order valence-corrected chi connectivity index (χ4v) is 4.04. The number of hydrogen-bond acceptors (Lipinski definition) is 6. The maximum atomic E-state index is 9.68. The fraction of sp³-hybridized carbons (Fsp3) is 0.524. The lowest BCUT2D eigenvalue weighted by Crippen LogP contribution is -2.39. The summed E-state index contributed by atoms with van der Waals surface area (Å²) in [4.78, 5) is 11.8. The summed E-state index contributed by atoms with van der Waals surface area (Å²) in [6.45, 7) is 8.48. The third-order valence-corrected chi connectivity index (χ3v) is 5.42. The van der Waals surface area contributed by atoms with Gasteiger partial charge < -0.3 is 20.1 Å². The normalized spacial score (nSPS) is 21.7. The predicted molar refractivity (Wildman–Crippen MR) is 105 cm³/mol. The number of rotatable bonds is 4. The summed E-state index contributed by atoms with van der Waals surface area (Å²) in [7, 11) is 0. The van der Waals surface area contributed by atoms with Gasteiger partial charge in [0.1, 0.15) is 5.75 Å². The number of ether oxygens (including phenoxy) is 1. The molecule has 1 aromatic heterocycles. The van der Waals surface area contributed by atoms with Crippen molar-refractivity contribution in [3.63, 3.8) is 0 Å². The average molecular weight is 368 g/mol. The van der Waals surface area contributed by atoms with Gasteiger partial charge in [-0.2, -0.15) is 0 Å². The van der Waals surface area contributed by atoms with Crippen molar-refractivity contribution in [2.24, 2.45) is 5.41 Å². The molecule has 1 aromatic carbocycles. The van der Waals surface area contributed by atoms with Gasteiger partial charge in [0.05, 0.1) is 18.9 Å². The zero-order valence-electron chi connectivity index (χ0n) is 16.1. The molecule has 1 aliphatic heterocycles. The summed E-state index contributed by atoms with van der Waals surface area (Å²) < 4.78 is 5.44. The number of nitrogens with zero attached hydrogens (tertiary/aromatic N) is 3. The van der Waals surface area contributed by atoms with Crippen molar-refractivity contribution >= 4 is 5.95 Å². The number of morpholine rings is 1. The maximum absolute atomic E-state index is 9.68. The molecule has 4 rings (SSSR count). The van der Waals surface area contributed by atoms with Gasteiger partial charge in [-0.05, 0) is 36.0 Å². The zero-order chi connectivity index (χ0) is 18.9. The van der Waals surface area contributed by atoms with Crippen molar-refractivity contribution in [2.75, 3.05) is 31.2 Å². The molecular formula is C21H28N4O2. The number of aromatic hydroxyl groups is 1. The van der Waals surface area contributed by atoms with E-state index in [2.05, 4.69) is 29.0 Å². The van der Waals surface area contributed by atoms with E-state index in [1.54, 1.807) is 12.1 Å². The molecule has 0 unspecified atom stereocenters. The van der Waals surface area contributed by atoms with E-state index in [4.69, 9.17) is 9.72 Å². The lowest BCUT2D eigenvalue weighted by atomic mass is 9.74. The first-order chi connectivity index (χ1) is 13.0. The second-order valence-electron chi connectivity index (χ2n) is 8.32. The highest BCUT2D eigenvalue weighted by atomic mass is 16.5. The number of benzene rings is 1. The number of phenolic OH excluding ortho intramolecular Hbond substituents is 1. The first-order valence-corrected chi connectivity index (χ1v) is 9.70. The summed E-state index contributed by atoms with van der Waals surface area (Å²) in [5, 5.41) is 13.3. The first kappa shape index (κ1) is 18.2. The molecule has 2 aromatic rings. The van der Waals surface area contributed by atoms with E-state index in [-0.39, 0.29) is 11.5 Å². The molecule has 6 heteroatoms. The van der Waals surface area contributed by atoms with Crippen LogP contribution in [0.15, 0.2) is 30.5 Å². The van der Waals surface area contributed by atoms with E-state index in [1.165, 1.54) is 5.56 Å². The van der Waals surface area contributed by atoms with Crippen LogP contribution in [-0.2, 0) is 17.7 Å².